The molecule has 0 saturated carbocycles. The molecule has 1 aliphatic rings. The van der Waals surface area contributed by atoms with Crippen LogP contribution in [0.1, 0.15) is 35.1 Å². The summed E-state index contributed by atoms with van der Waals surface area (Å²) in [7, 11) is 0. The standard InChI is InChI=1S/C16H15Cl2NO/c1-9-5-15-12(16(20)6-9)7-10(2)19(15)11-3-4-13(17)14(18)8-11/h3-4,7-9H,5-6H2,1-2H3. The van der Waals surface area contributed by atoms with Crippen molar-refractivity contribution in [2.75, 3.05) is 0 Å². The number of ketones is 1. The number of Topliss-reactive ketones (excluding diaryl/α,β-unsaturated/α-hetero) is 1. The van der Waals surface area contributed by atoms with E-state index in [-0.39, 0.29) is 5.78 Å². The first-order valence-corrected chi connectivity index (χ1v) is 7.43. The van der Waals surface area contributed by atoms with Crippen molar-refractivity contribution >= 4 is 29.0 Å². The van der Waals surface area contributed by atoms with Crippen molar-refractivity contribution in [3.05, 3.63) is 51.3 Å². The molecule has 0 aliphatic heterocycles. The van der Waals surface area contributed by atoms with Crippen LogP contribution < -0.4 is 0 Å². The highest BCUT2D eigenvalue weighted by Crippen LogP contribution is 2.32. The molecule has 2 nitrogen and oxygen atoms in total. The Morgan fingerprint density at radius 3 is 2.60 bits per heavy atom. The number of aryl methyl sites for hydroxylation is 1. The van der Waals surface area contributed by atoms with E-state index in [9.17, 15) is 4.79 Å². The molecule has 20 heavy (non-hydrogen) atoms. The van der Waals surface area contributed by atoms with Gasteiger partial charge in [0.15, 0.2) is 5.78 Å². The monoisotopic (exact) mass is 307 g/mol. The van der Waals surface area contributed by atoms with Crippen LogP contribution in [0, 0.1) is 12.8 Å². The highest BCUT2D eigenvalue weighted by Gasteiger charge is 2.27. The van der Waals surface area contributed by atoms with Crippen molar-refractivity contribution in [2.45, 2.75) is 26.7 Å². The number of nitrogens with zero attached hydrogens (tertiary/aromatic N) is 1. The fourth-order valence-electron chi connectivity index (χ4n) is 2.95. The second-order valence-electron chi connectivity index (χ2n) is 5.52. The highest BCUT2D eigenvalue weighted by molar-refractivity contribution is 6.42. The summed E-state index contributed by atoms with van der Waals surface area (Å²) in [6, 6.07) is 7.55. The van der Waals surface area contributed by atoms with Crippen LogP contribution in [0.4, 0.5) is 0 Å². The maximum atomic E-state index is 12.2. The molecular formula is C16H15Cl2NO. The minimum Gasteiger partial charge on any atom is -0.317 e. The molecule has 1 unspecified atom stereocenters. The quantitative estimate of drug-likeness (QED) is 0.737. The largest absolute Gasteiger partial charge is 0.317 e. The van der Waals surface area contributed by atoms with Crippen LogP contribution >= 0.6 is 23.2 Å². The normalized spacial score (nSPS) is 18.2. The lowest BCUT2D eigenvalue weighted by Crippen LogP contribution is -2.19. The molecule has 1 aliphatic carbocycles. The van der Waals surface area contributed by atoms with Crippen LogP contribution in [-0.4, -0.2) is 10.4 Å². The Labute approximate surface area is 128 Å². The van der Waals surface area contributed by atoms with Gasteiger partial charge in [-0.05, 0) is 43.5 Å². The Balaban J connectivity index is 2.19. The first-order valence-electron chi connectivity index (χ1n) is 6.67. The molecule has 0 amide bonds. The fourth-order valence-corrected chi connectivity index (χ4v) is 3.24. The number of benzene rings is 1. The Kier molecular flexibility index (Phi) is 3.39. The maximum absolute atomic E-state index is 12.2. The van der Waals surface area contributed by atoms with Crippen molar-refractivity contribution in [1.82, 2.24) is 4.57 Å². The van der Waals surface area contributed by atoms with E-state index in [1.54, 1.807) is 6.07 Å². The van der Waals surface area contributed by atoms with Crippen molar-refractivity contribution in [2.24, 2.45) is 5.92 Å². The van der Waals surface area contributed by atoms with Gasteiger partial charge in [-0.3, -0.25) is 4.79 Å². The van der Waals surface area contributed by atoms with Gasteiger partial charge in [-0.15, -0.1) is 0 Å². The van der Waals surface area contributed by atoms with Gasteiger partial charge in [0.1, 0.15) is 0 Å². The number of aromatic nitrogens is 1. The van der Waals surface area contributed by atoms with E-state index in [1.807, 2.05) is 25.1 Å². The van der Waals surface area contributed by atoms with E-state index in [1.165, 1.54) is 0 Å². The second kappa shape index (κ2) is 4.94. The minimum absolute atomic E-state index is 0.237. The summed E-state index contributed by atoms with van der Waals surface area (Å²) in [5, 5.41) is 1.07. The first-order chi connectivity index (χ1) is 9.47. The predicted molar refractivity (Wildman–Crippen MR) is 82.3 cm³/mol. The molecule has 2 aromatic rings. The molecule has 4 heteroatoms. The van der Waals surface area contributed by atoms with E-state index < -0.39 is 0 Å². The topological polar surface area (TPSA) is 22.0 Å². The molecule has 0 bridgehead atoms. The van der Waals surface area contributed by atoms with Gasteiger partial charge in [0.05, 0.1) is 10.0 Å². The zero-order valence-electron chi connectivity index (χ0n) is 11.4. The van der Waals surface area contributed by atoms with Crippen LogP contribution in [-0.2, 0) is 6.42 Å². The molecule has 0 fully saturated rings. The van der Waals surface area contributed by atoms with E-state index in [4.69, 9.17) is 23.2 Å². The lowest BCUT2D eigenvalue weighted by atomic mass is 9.88. The molecule has 104 valence electrons. The van der Waals surface area contributed by atoms with Crippen molar-refractivity contribution in [1.29, 1.82) is 0 Å². The number of hydrogen-bond acceptors (Lipinski definition) is 1. The summed E-state index contributed by atoms with van der Waals surface area (Å²) < 4.78 is 2.12. The molecule has 1 heterocycles. The number of halogens is 2. The second-order valence-corrected chi connectivity index (χ2v) is 6.33. The lowest BCUT2D eigenvalue weighted by Gasteiger charge is -2.21. The van der Waals surface area contributed by atoms with E-state index >= 15 is 0 Å². The summed E-state index contributed by atoms with van der Waals surface area (Å²) in [5.74, 6) is 0.617. The maximum Gasteiger partial charge on any atom is 0.164 e. The zero-order chi connectivity index (χ0) is 14.4. The summed E-state index contributed by atoms with van der Waals surface area (Å²) >= 11 is 12.1. The third kappa shape index (κ3) is 2.17. The van der Waals surface area contributed by atoms with Gasteiger partial charge >= 0.3 is 0 Å². The molecule has 3 rings (SSSR count). The van der Waals surface area contributed by atoms with Crippen LogP contribution in [0.3, 0.4) is 0 Å². The predicted octanol–water partition coefficient (Wildman–Crippen LogP) is 4.86. The smallest absolute Gasteiger partial charge is 0.164 e. The third-order valence-electron chi connectivity index (χ3n) is 3.82. The van der Waals surface area contributed by atoms with Crippen LogP contribution in [0.15, 0.2) is 24.3 Å². The summed E-state index contributed by atoms with van der Waals surface area (Å²) in [4.78, 5) is 12.2. The highest BCUT2D eigenvalue weighted by atomic mass is 35.5. The Morgan fingerprint density at radius 2 is 1.90 bits per heavy atom. The molecule has 0 radical (unpaired) electrons. The van der Waals surface area contributed by atoms with Crippen LogP contribution in [0.2, 0.25) is 10.0 Å². The number of rotatable bonds is 1. The molecular weight excluding hydrogens is 293 g/mol. The van der Waals surface area contributed by atoms with Gasteiger partial charge in [0.2, 0.25) is 0 Å². The van der Waals surface area contributed by atoms with E-state index in [2.05, 4.69) is 11.5 Å². The van der Waals surface area contributed by atoms with Gasteiger partial charge in [-0.2, -0.15) is 0 Å². The van der Waals surface area contributed by atoms with Crippen molar-refractivity contribution in [3.8, 4) is 5.69 Å². The van der Waals surface area contributed by atoms with Crippen LogP contribution in [0.25, 0.3) is 5.69 Å². The first kappa shape index (κ1) is 13.7. The SMILES string of the molecule is Cc1cc2c(n1-c1ccc(Cl)c(Cl)c1)CC(C)CC2=O. The average molecular weight is 308 g/mol. The molecule has 1 aromatic carbocycles. The summed E-state index contributed by atoms with van der Waals surface area (Å²) in [5.41, 5.74) is 3.95. The summed E-state index contributed by atoms with van der Waals surface area (Å²) in [6.07, 6.45) is 1.55. The van der Waals surface area contributed by atoms with Crippen molar-refractivity contribution in [3.63, 3.8) is 0 Å². The summed E-state index contributed by atoms with van der Waals surface area (Å²) in [6.45, 7) is 4.13. The lowest BCUT2D eigenvalue weighted by molar-refractivity contribution is 0.0952. The number of hydrogen-bond donors (Lipinski definition) is 0. The van der Waals surface area contributed by atoms with Gasteiger partial charge < -0.3 is 4.57 Å². The molecule has 0 saturated heterocycles. The van der Waals surface area contributed by atoms with Gasteiger partial charge in [-0.1, -0.05) is 30.1 Å². The van der Waals surface area contributed by atoms with Crippen LogP contribution in [0.5, 0.6) is 0 Å². The molecule has 0 spiro atoms. The Bertz CT molecular complexity index is 703. The van der Waals surface area contributed by atoms with E-state index in [0.29, 0.717) is 22.4 Å². The molecule has 0 N–H and O–H groups in total. The Hall–Kier alpha value is -1.25. The van der Waals surface area contributed by atoms with E-state index in [0.717, 1.165) is 29.1 Å². The van der Waals surface area contributed by atoms with Gasteiger partial charge in [-0.25, -0.2) is 0 Å². The third-order valence-corrected chi connectivity index (χ3v) is 4.56. The number of carbonyl (C=O) groups is 1. The fraction of sp³-hybridized carbons (Fsp3) is 0.312. The molecule has 1 aromatic heterocycles. The zero-order valence-corrected chi connectivity index (χ0v) is 12.9. The number of fused-ring (bicyclic) bond motifs is 1. The average Bonchev–Trinajstić information content (AvgIpc) is 2.70. The van der Waals surface area contributed by atoms with Gasteiger partial charge in [0, 0.05) is 29.1 Å². The minimum atomic E-state index is 0.237. The Morgan fingerprint density at radius 1 is 1.15 bits per heavy atom. The molecule has 1 atom stereocenters. The van der Waals surface area contributed by atoms with Crippen molar-refractivity contribution < 1.29 is 4.79 Å². The van der Waals surface area contributed by atoms with Gasteiger partial charge in [0.25, 0.3) is 0 Å². The number of carbonyl (C=O) groups excluding carboxylic acids is 1.